The zero-order chi connectivity index (χ0) is 15.6. The summed E-state index contributed by atoms with van der Waals surface area (Å²) in [6.07, 6.45) is 1.74. The molecule has 0 bridgehead atoms. The minimum absolute atomic E-state index is 0.0729. The number of nitrogens with zero attached hydrogens (tertiary/aromatic N) is 3. The van der Waals surface area contributed by atoms with Crippen LogP contribution in [0.15, 0.2) is 12.3 Å². The molecule has 0 spiro atoms. The van der Waals surface area contributed by atoms with Gasteiger partial charge in [0.15, 0.2) is 0 Å². The Labute approximate surface area is 129 Å². The molecule has 0 saturated carbocycles. The van der Waals surface area contributed by atoms with Gasteiger partial charge in [-0.3, -0.25) is 9.59 Å². The molecule has 1 aromatic heterocycles. The number of piperazine rings is 1. The zero-order valence-electron chi connectivity index (χ0n) is 12.6. The molecule has 6 nitrogen and oxygen atoms in total. The molecule has 2 heterocycles. The lowest BCUT2D eigenvalue weighted by atomic mass is 10.1. The Morgan fingerprint density at radius 3 is 2.81 bits per heavy atom. The molecule has 1 aliphatic heterocycles. The first-order valence-corrected chi connectivity index (χ1v) is 7.42. The average Bonchev–Trinajstić information content (AvgIpc) is 2.86. The van der Waals surface area contributed by atoms with Crippen LogP contribution in [0.2, 0.25) is 5.02 Å². The number of carbonyl (C=O) groups is 2. The van der Waals surface area contributed by atoms with E-state index in [-0.39, 0.29) is 11.8 Å². The van der Waals surface area contributed by atoms with Crippen molar-refractivity contribution in [3.63, 3.8) is 0 Å². The number of hydrogen-bond donors (Lipinski definition) is 1. The van der Waals surface area contributed by atoms with Crippen LogP contribution in [-0.2, 0) is 11.3 Å². The molecule has 2 amide bonds. The van der Waals surface area contributed by atoms with E-state index in [1.807, 2.05) is 11.5 Å². The van der Waals surface area contributed by atoms with Gasteiger partial charge in [0.1, 0.15) is 11.7 Å². The van der Waals surface area contributed by atoms with Gasteiger partial charge < -0.3 is 19.7 Å². The minimum atomic E-state index is -0.472. The average molecular weight is 313 g/mol. The van der Waals surface area contributed by atoms with Gasteiger partial charge in [-0.1, -0.05) is 11.6 Å². The van der Waals surface area contributed by atoms with Crippen molar-refractivity contribution in [3.05, 3.63) is 23.0 Å². The van der Waals surface area contributed by atoms with Gasteiger partial charge in [0.25, 0.3) is 5.91 Å². The molecule has 1 aromatic rings. The zero-order valence-corrected chi connectivity index (χ0v) is 13.4. The molecule has 116 valence electrons. The fourth-order valence-corrected chi connectivity index (χ4v) is 2.75. The lowest BCUT2D eigenvalue weighted by Gasteiger charge is -2.36. The van der Waals surface area contributed by atoms with Crippen molar-refractivity contribution in [1.82, 2.24) is 19.7 Å². The molecule has 2 rings (SSSR count). The Hall–Kier alpha value is -1.53. The second-order valence-corrected chi connectivity index (χ2v) is 5.72. The minimum Gasteiger partial charge on any atom is -0.347 e. The van der Waals surface area contributed by atoms with E-state index in [0.29, 0.717) is 36.9 Å². The summed E-state index contributed by atoms with van der Waals surface area (Å²) < 4.78 is 1.81. The van der Waals surface area contributed by atoms with E-state index in [1.165, 1.54) is 4.90 Å². The van der Waals surface area contributed by atoms with E-state index in [1.54, 1.807) is 31.3 Å². The normalized spacial score (nSPS) is 18.7. The monoisotopic (exact) mass is 312 g/mol. The Kier molecular flexibility index (Phi) is 4.90. The van der Waals surface area contributed by atoms with Crippen LogP contribution in [0.3, 0.4) is 0 Å². The molecular weight excluding hydrogens is 292 g/mol. The van der Waals surface area contributed by atoms with Crippen LogP contribution in [0.1, 0.15) is 17.4 Å². The highest BCUT2D eigenvalue weighted by Gasteiger charge is 2.34. The van der Waals surface area contributed by atoms with Gasteiger partial charge in [0.2, 0.25) is 5.91 Å². The number of halogens is 1. The Balaban J connectivity index is 2.28. The Morgan fingerprint density at radius 2 is 2.19 bits per heavy atom. The number of carbonyl (C=O) groups excluding carboxylic acids is 2. The molecule has 1 unspecified atom stereocenters. The summed E-state index contributed by atoms with van der Waals surface area (Å²) in [5, 5.41) is 3.70. The molecule has 1 fully saturated rings. The van der Waals surface area contributed by atoms with Crippen molar-refractivity contribution < 1.29 is 9.59 Å². The van der Waals surface area contributed by atoms with E-state index < -0.39 is 6.04 Å². The van der Waals surface area contributed by atoms with Crippen LogP contribution < -0.4 is 5.32 Å². The number of nitrogens with one attached hydrogen (secondary N) is 1. The molecule has 0 aliphatic carbocycles. The predicted octanol–water partition coefficient (Wildman–Crippen LogP) is 0.664. The smallest absolute Gasteiger partial charge is 0.271 e. The summed E-state index contributed by atoms with van der Waals surface area (Å²) >= 11 is 6.00. The maximum absolute atomic E-state index is 12.8. The standard InChI is InChI=1S/C14H21ClN4O2/c1-4-18-9-10(15)7-11(18)14(21)19-6-5-16-8-12(19)13(20)17(2)3/h7,9,12,16H,4-6,8H2,1-3H3. The number of aromatic nitrogens is 1. The molecule has 1 aliphatic rings. The topological polar surface area (TPSA) is 57.6 Å². The van der Waals surface area contributed by atoms with Gasteiger partial charge in [-0.2, -0.15) is 0 Å². The largest absolute Gasteiger partial charge is 0.347 e. The highest BCUT2D eigenvalue weighted by Crippen LogP contribution is 2.18. The van der Waals surface area contributed by atoms with Crippen LogP contribution in [0.25, 0.3) is 0 Å². The number of likely N-dealkylation sites (N-methyl/N-ethyl adjacent to an activating group) is 1. The van der Waals surface area contributed by atoms with Gasteiger partial charge in [-0.25, -0.2) is 0 Å². The third kappa shape index (κ3) is 3.22. The summed E-state index contributed by atoms with van der Waals surface area (Å²) in [6, 6.07) is 1.19. The summed E-state index contributed by atoms with van der Waals surface area (Å²) in [4.78, 5) is 28.2. The molecule has 1 atom stereocenters. The Morgan fingerprint density at radius 1 is 1.48 bits per heavy atom. The second kappa shape index (κ2) is 6.49. The van der Waals surface area contributed by atoms with E-state index >= 15 is 0 Å². The highest BCUT2D eigenvalue weighted by atomic mass is 35.5. The van der Waals surface area contributed by atoms with Gasteiger partial charge in [-0.05, 0) is 13.0 Å². The third-order valence-corrected chi connectivity index (χ3v) is 3.86. The van der Waals surface area contributed by atoms with Crippen LogP contribution in [0.5, 0.6) is 0 Å². The molecule has 7 heteroatoms. The van der Waals surface area contributed by atoms with E-state index in [9.17, 15) is 9.59 Å². The Bertz CT molecular complexity index is 541. The molecule has 0 radical (unpaired) electrons. The first-order valence-electron chi connectivity index (χ1n) is 7.04. The fraction of sp³-hybridized carbons (Fsp3) is 0.571. The summed E-state index contributed by atoms with van der Waals surface area (Å²) in [5.74, 6) is -0.221. The maximum Gasteiger partial charge on any atom is 0.271 e. The molecule has 1 saturated heterocycles. The lowest BCUT2D eigenvalue weighted by Crippen LogP contribution is -2.59. The van der Waals surface area contributed by atoms with Gasteiger partial charge in [0, 0.05) is 46.5 Å². The molecule has 0 aromatic carbocycles. The maximum atomic E-state index is 12.8. The first kappa shape index (κ1) is 15.9. The predicted molar refractivity (Wildman–Crippen MR) is 81.5 cm³/mol. The highest BCUT2D eigenvalue weighted by molar-refractivity contribution is 6.31. The van der Waals surface area contributed by atoms with Gasteiger partial charge in [-0.15, -0.1) is 0 Å². The van der Waals surface area contributed by atoms with E-state index in [4.69, 9.17) is 11.6 Å². The van der Waals surface area contributed by atoms with Crippen molar-refractivity contribution in [2.24, 2.45) is 0 Å². The van der Waals surface area contributed by atoms with Crippen molar-refractivity contribution in [2.75, 3.05) is 33.7 Å². The molecular formula is C14H21ClN4O2. The summed E-state index contributed by atoms with van der Waals surface area (Å²) in [7, 11) is 3.40. The molecule has 1 N–H and O–H groups in total. The van der Waals surface area contributed by atoms with E-state index in [0.717, 1.165) is 0 Å². The number of aryl methyl sites for hydroxylation is 1. The van der Waals surface area contributed by atoms with Crippen molar-refractivity contribution >= 4 is 23.4 Å². The summed E-state index contributed by atoms with van der Waals surface area (Å²) in [6.45, 7) is 4.28. The summed E-state index contributed by atoms with van der Waals surface area (Å²) in [5.41, 5.74) is 0.529. The van der Waals surface area contributed by atoms with Gasteiger partial charge >= 0.3 is 0 Å². The fourth-order valence-electron chi connectivity index (χ4n) is 2.53. The third-order valence-electron chi connectivity index (χ3n) is 3.65. The van der Waals surface area contributed by atoms with Crippen LogP contribution >= 0.6 is 11.6 Å². The quantitative estimate of drug-likeness (QED) is 0.892. The second-order valence-electron chi connectivity index (χ2n) is 5.28. The van der Waals surface area contributed by atoms with Crippen LogP contribution in [0, 0.1) is 0 Å². The number of rotatable bonds is 3. The number of amides is 2. The SMILES string of the molecule is CCn1cc(Cl)cc1C(=O)N1CCNCC1C(=O)N(C)C. The van der Waals surface area contributed by atoms with Crippen LogP contribution in [-0.4, -0.2) is 66.0 Å². The van der Waals surface area contributed by atoms with Crippen molar-refractivity contribution in [3.8, 4) is 0 Å². The van der Waals surface area contributed by atoms with Crippen LogP contribution in [0.4, 0.5) is 0 Å². The first-order chi connectivity index (χ1) is 9.95. The number of hydrogen-bond acceptors (Lipinski definition) is 3. The van der Waals surface area contributed by atoms with Crippen molar-refractivity contribution in [1.29, 1.82) is 0 Å². The van der Waals surface area contributed by atoms with Crippen molar-refractivity contribution in [2.45, 2.75) is 19.5 Å². The van der Waals surface area contributed by atoms with E-state index in [2.05, 4.69) is 5.32 Å². The van der Waals surface area contributed by atoms with Gasteiger partial charge in [0.05, 0.1) is 5.02 Å². The lowest BCUT2D eigenvalue weighted by molar-refractivity contribution is -0.134. The molecule has 21 heavy (non-hydrogen) atoms.